The summed E-state index contributed by atoms with van der Waals surface area (Å²) in [6.07, 6.45) is 6.64. The Kier molecular flexibility index (Phi) is 3.66. The second kappa shape index (κ2) is 5.21. The van der Waals surface area contributed by atoms with Gasteiger partial charge >= 0.3 is 0 Å². The molecule has 0 amide bonds. The van der Waals surface area contributed by atoms with Crippen molar-refractivity contribution in [3.05, 3.63) is 5.82 Å². The van der Waals surface area contributed by atoms with Crippen molar-refractivity contribution >= 4 is 0 Å². The maximum atomic E-state index is 3.93. The minimum absolute atomic E-state index is 0.641. The number of nitrogens with zero attached hydrogens (tertiary/aromatic N) is 3. The first-order chi connectivity index (χ1) is 7.38. The second-order valence-corrected chi connectivity index (χ2v) is 4.35. The molecular formula is C10H19N5. The lowest BCUT2D eigenvalue weighted by molar-refractivity contribution is 0.277. The van der Waals surface area contributed by atoms with E-state index >= 15 is 0 Å². The van der Waals surface area contributed by atoms with Crippen LogP contribution in [-0.4, -0.2) is 26.7 Å². The highest BCUT2D eigenvalue weighted by Gasteiger charge is 2.20. The Hall–Kier alpha value is -0.970. The molecule has 1 heterocycles. The van der Waals surface area contributed by atoms with Gasteiger partial charge in [-0.3, -0.25) is 0 Å². The van der Waals surface area contributed by atoms with Crippen LogP contribution in [0.2, 0.25) is 0 Å². The van der Waals surface area contributed by atoms with Crippen molar-refractivity contribution in [2.75, 3.05) is 0 Å². The molecule has 2 atom stereocenters. The predicted molar refractivity (Wildman–Crippen MR) is 57.1 cm³/mol. The Morgan fingerprint density at radius 2 is 2.40 bits per heavy atom. The van der Waals surface area contributed by atoms with E-state index < -0.39 is 0 Å². The topological polar surface area (TPSA) is 66.5 Å². The van der Waals surface area contributed by atoms with E-state index in [4.69, 9.17) is 0 Å². The zero-order valence-electron chi connectivity index (χ0n) is 9.24. The van der Waals surface area contributed by atoms with Crippen LogP contribution < -0.4 is 5.32 Å². The molecule has 1 aliphatic carbocycles. The highest BCUT2D eigenvalue weighted by atomic mass is 15.5. The van der Waals surface area contributed by atoms with Gasteiger partial charge < -0.3 is 5.32 Å². The molecule has 2 N–H and O–H groups in total. The maximum absolute atomic E-state index is 3.93. The molecule has 0 radical (unpaired) electrons. The fourth-order valence-electron chi connectivity index (χ4n) is 2.34. The number of aromatic nitrogens is 4. The van der Waals surface area contributed by atoms with E-state index in [0.717, 1.165) is 18.3 Å². The molecule has 0 bridgehead atoms. The molecule has 1 fully saturated rings. The standard InChI is InChI=1S/C10H19N5/c1-2-8-4-3-5-9(6-8)11-7-10-12-14-15-13-10/h8-9,11H,2-7H2,1H3,(H,12,13,14,15). The number of rotatable bonds is 4. The van der Waals surface area contributed by atoms with Gasteiger partial charge in [0.15, 0.2) is 5.82 Å². The van der Waals surface area contributed by atoms with Crippen molar-refractivity contribution in [1.82, 2.24) is 25.9 Å². The zero-order chi connectivity index (χ0) is 10.5. The van der Waals surface area contributed by atoms with Crippen molar-refractivity contribution in [2.24, 2.45) is 5.92 Å². The monoisotopic (exact) mass is 209 g/mol. The third kappa shape index (κ3) is 2.99. The number of hydrogen-bond donors (Lipinski definition) is 2. The van der Waals surface area contributed by atoms with Crippen LogP contribution in [0.25, 0.3) is 0 Å². The lowest BCUT2D eigenvalue weighted by Crippen LogP contribution is -2.33. The minimum atomic E-state index is 0.641. The number of H-pyrrole nitrogens is 1. The van der Waals surface area contributed by atoms with Crippen LogP contribution in [0, 0.1) is 5.92 Å². The molecule has 0 saturated heterocycles. The van der Waals surface area contributed by atoms with Gasteiger partial charge in [0.1, 0.15) is 0 Å². The average Bonchev–Trinajstić information content (AvgIpc) is 2.79. The summed E-state index contributed by atoms with van der Waals surface area (Å²) in [6.45, 7) is 3.02. The van der Waals surface area contributed by atoms with Crippen LogP contribution in [-0.2, 0) is 6.54 Å². The summed E-state index contributed by atoms with van der Waals surface area (Å²) in [5, 5.41) is 17.4. The predicted octanol–water partition coefficient (Wildman–Crippen LogP) is 1.26. The van der Waals surface area contributed by atoms with Crippen molar-refractivity contribution in [3.8, 4) is 0 Å². The summed E-state index contributed by atoms with van der Waals surface area (Å²) >= 11 is 0. The summed E-state index contributed by atoms with van der Waals surface area (Å²) < 4.78 is 0. The van der Waals surface area contributed by atoms with Crippen LogP contribution in [0.15, 0.2) is 0 Å². The number of aromatic amines is 1. The first-order valence-electron chi connectivity index (χ1n) is 5.84. The van der Waals surface area contributed by atoms with Gasteiger partial charge in [-0.2, -0.15) is 5.21 Å². The second-order valence-electron chi connectivity index (χ2n) is 4.35. The van der Waals surface area contributed by atoms with E-state index in [1.54, 1.807) is 0 Å². The van der Waals surface area contributed by atoms with Crippen LogP contribution in [0.5, 0.6) is 0 Å². The van der Waals surface area contributed by atoms with Gasteiger partial charge in [-0.25, -0.2) is 0 Å². The normalized spacial score (nSPS) is 26.7. The molecule has 0 aliphatic heterocycles. The third-order valence-electron chi connectivity index (χ3n) is 3.30. The fraction of sp³-hybridized carbons (Fsp3) is 0.900. The maximum Gasteiger partial charge on any atom is 0.188 e. The highest BCUT2D eigenvalue weighted by Crippen LogP contribution is 2.26. The van der Waals surface area contributed by atoms with E-state index in [-0.39, 0.29) is 0 Å². The summed E-state index contributed by atoms with van der Waals surface area (Å²) in [7, 11) is 0. The molecular weight excluding hydrogens is 190 g/mol. The Morgan fingerprint density at radius 3 is 3.13 bits per heavy atom. The Bertz CT molecular complexity index is 271. The molecule has 2 unspecified atom stereocenters. The average molecular weight is 209 g/mol. The van der Waals surface area contributed by atoms with E-state index in [1.165, 1.54) is 32.1 Å². The van der Waals surface area contributed by atoms with Crippen LogP contribution >= 0.6 is 0 Å². The molecule has 5 nitrogen and oxygen atoms in total. The minimum Gasteiger partial charge on any atom is -0.307 e. The van der Waals surface area contributed by atoms with Crippen molar-refractivity contribution < 1.29 is 0 Å². The van der Waals surface area contributed by atoms with Crippen LogP contribution in [0.3, 0.4) is 0 Å². The van der Waals surface area contributed by atoms with E-state index in [1.807, 2.05) is 0 Å². The van der Waals surface area contributed by atoms with Gasteiger partial charge in [0.2, 0.25) is 0 Å². The van der Waals surface area contributed by atoms with Gasteiger partial charge in [0, 0.05) is 6.04 Å². The van der Waals surface area contributed by atoms with Gasteiger partial charge in [0.05, 0.1) is 6.54 Å². The Balaban J connectivity index is 1.74. The van der Waals surface area contributed by atoms with Crippen LogP contribution in [0.4, 0.5) is 0 Å². The van der Waals surface area contributed by atoms with E-state index in [9.17, 15) is 0 Å². The molecule has 15 heavy (non-hydrogen) atoms. The van der Waals surface area contributed by atoms with Gasteiger partial charge in [-0.1, -0.05) is 31.4 Å². The van der Waals surface area contributed by atoms with Gasteiger partial charge in [-0.15, -0.1) is 10.2 Å². The largest absolute Gasteiger partial charge is 0.307 e. The Labute approximate surface area is 90.0 Å². The molecule has 1 aromatic rings. The van der Waals surface area contributed by atoms with Gasteiger partial charge in [0.25, 0.3) is 0 Å². The number of tetrazole rings is 1. The van der Waals surface area contributed by atoms with Crippen molar-refractivity contribution in [1.29, 1.82) is 0 Å². The first-order valence-corrected chi connectivity index (χ1v) is 5.84. The molecule has 0 aromatic carbocycles. The molecule has 1 saturated carbocycles. The van der Waals surface area contributed by atoms with E-state index in [0.29, 0.717) is 6.04 Å². The van der Waals surface area contributed by atoms with Crippen molar-refractivity contribution in [2.45, 2.75) is 51.6 Å². The molecule has 1 aliphatic rings. The number of nitrogens with one attached hydrogen (secondary N) is 2. The molecule has 2 rings (SSSR count). The summed E-state index contributed by atoms with van der Waals surface area (Å²) in [5.41, 5.74) is 0. The number of hydrogen-bond acceptors (Lipinski definition) is 4. The lowest BCUT2D eigenvalue weighted by Gasteiger charge is -2.28. The van der Waals surface area contributed by atoms with E-state index in [2.05, 4.69) is 32.9 Å². The molecule has 84 valence electrons. The summed E-state index contributed by atoms with van der Waals surface area (Å²) in [6, 6.07) is 0.641. The lowest BCUT2D eigenvalue weighted by atomic mass is 9.84. The SMILES string of the molecule is CCC1CCCC(NCc2nn[nH]n2)C1. The molecule has 5 heteroatoms. The third-order valence-corrected chi connectivity index (χ3v) is 3.30. The molecule has 0 spiro atoms. The smallest absolute Gasteiger partial charge is 0.188 e. The van der Waals surface area contributed by atoms with Gasteiger partial charge in [-0.05, 0) is 18.8 Å². The quantitative estimate of drug-likeness (QED) is 0.783. The summed E-state index contributed by atoms with van der Waals surface area (Å²) in [5.74, 6) is 1.66. The summed E-state index contributed by atoms with van der Waals surface area (Å²) in [4.78, 5) is 0. The fourth-order valence-corrected chi connectivity index (χ4v) is 2.34. The van der Waals surface area contributed by atoms with Crippen molar-refractivity contribution in [3.63, 3.8) is 0 Å². The Morgan fingerprint density at radius 1 is 1.47 bits per heavy atom. The first kappa shape index (κ1) is 10.5. The molecule has 1 aromatic heterocycles. The highest BCUT2D eigenvalue weighted by molar-refractivity contribution is 4.81. The van der Waals surface area contributed by atoms with Crippen LogP contribution in [0.1, 0.15) is 44.9 Å². The zero-order valence-corrected chi connectivity index (χ0v) is 9.24.